The zero-order valence-corrected chi connectivity index (χ0v) is 11.6. The number of ether oxygens (including phenoxy) is 1. The Labute approximate surface area is 103 Å². The van der Waals surface area contributed by atoms with Crippen molar-refractivity contribution in [1.82, 2.24) is 0 Å². The van der Waals surface area contributed by atoms with Crippen molar-refractivity contribution in [3.8, 4) is 0 Å². The Morgan fingerprint density at radius 3 is 2.50 bits per heavy atom. The van der Waals surface area contributed by atoms with Gasteiger partial charge in [0.25, 0.3) is 0 Å². The molecule has 5 heteroatoms. The number of hydrogen-bond acceptors (Lipinski definition) is 3. The molecule has 0 spiro atoms. The number of rotatable bonds is 8. The first-order valence-electron chi connectivity index (χ1n) is 5.79. The van der Waals surface area contributed by atoms with Crippen LogP contribution in [0.3, 0.4) is 0 Å². The highest BCUT2D eigenvalue weighted by Gasteiger charge is 2.25. The van der Waals surface area contributed by atoms with E-state index in [2.05, 4.69) is 0 Å². The molecule has 1 aliphatic carbocycles. The first-order chi connectivity index (χ1) is 7.29. The van der Waals surface area contributed by atoms with Crippen LogP contribution in [-0.4, -0.2) is 27.4 Å². The predicted molar refractivity (Wildman–Crippen MR) is 66.2 cm³/mol. The van der Waals surface area contributed by atoms with Crippen molar-refractivity contribution in [3.63, 3.8) is 0 Å². The summed E-state index contributed by atoms with van der Waals surface area (Å²) >= 11 is 0. The third-order valence-electron chi connectivity index (χ3n) is 2.65. The van der Waals surface area contributed by atoms with E-state index in [0.29, 0.717) is 6.61 Å². The third-order valence-corrected chi connectivity index (χ3v) is 4.11. The topological polar surface area (TPSA) is 43.4 Å². The molecule has 1 saturated carbocycles. The predicted octanol–water partition coefficient (Wildman–Crippen LogP) is 2.79. The Morgan fingerprint density at radius 2 is 2.00 bits per heavy atom. The number of halogens is 1. The minimum Gasteiger partial charge on any atom is -0.381 e. The van der Waals surface area contributed by atoms with E-state index in [1.165, 1.54) is 19.3 Å². The molecule has 0 unspecified atom stereocenters. The summed E-state index contributed by atoms with van der Waals surface area (Å²) in [6.07, 6.45) is 5.06. The monoisotopic (exact) mass is 268 g/mol. The maximum absolute atomic E-state index is 10.9. The quantitative estimate of drug-likeness (QED) is 0.502. The molecule has 0 atom stereocenters. The zero-order valence-electron chi connectivity index (χ0n) is 10.0. The van der Waals surface area contributed by atoms with Crippen molar-refractivity contribution >= 4 is 19.7 Å². The van der Waals surface area contributed by atoms with E-state index in [1.807, 2.05) is 13.8 Å². The summed E-state index contributed by atoms with van der Waals surface area (Å²) in [5.41, 5.74) is -0.403. The second kappa shape index (κ2) is 5.69. The van der Waals surface area contributed by atoms with Crippen LogP contribution >= 0.6 is 10.7 Å². The molecule has 0 heterocycles. The summed E-state index contributed by atoms with van der Waals surface area (Å²) in [5.74, 6) is 0.893. The average molecular weight is 269 g/mol. The zero-order chi connectivity index (χ0) is 12.2. The lowest BCUT2D eigenvalue weighted by atomic mass is 9.98. The van der Waals surface area contributed by atoms with Gasteiger partial charge in [0.2, 0.25) is 9.05 Å². The van der Waals surface area contributed by atoms with Crippen LogP contribution in [0, 0.1) is 11.3 Å². The standard InChI is InChI=1S/C11H21ClO3S/c1-11(2,9-16(12,13)14)8-15-7-3-4-10-5-6-10/h10H,3-9H2,1-2H3. The lowest BCUT2D eigenvalue weighted by Gasteiger charge is -2.22. The SMILES string of the molecule is CC(C)(COCCCC1CC1)CS(=O)(=O)Cl. The summed E-state index contributed by atoms with van der Waals surface area (Å²) in [4.78, 5) is 0. The summed E-state index contributed by atoms with van der Waals surface area (Å²) in [6.45, 7) is 4.88. The highest BCUT2D eigenvalue weighted by Crippen LogP contribution is 2.33. The summed E-state index contributed by atoms with van der Waals surface area (Å²) < 4.78 is 27.4. The fraction of sp³-hybridized carbons (Fsp3) is 1.00. The van der Waals surface area contributed by atoms with Gasteiger partial charge in [-0.1, -0.05) is 26.7 Å². The van der Waals surface area contributed by atoms with E-state index in [-0.39, 0.29) is 5.75 Å². The second-order valence-electron chi connectivity index (χ2n) is 5.49. The van der Waals surface area contributed by atoms with Gasteiger partial charge < -0.3 is 4.74 Å². The van der Waals surface area contributed by atoms with Gasteiger partial charge in [-0.2, -0.15) is 0 Å². The highest BCUT2D eigenvalue weighted by atomic mass is 35.7. The first kappa shape index (κ1) is 14.3. The maximum atomic E-state index is 10.9. The molecule has 1 aliphatic rings. The Kier molecular flexibility index (Phi) is 5.08. The van der Waals surface area contributed by atoms with Gasteiger partial charge in [-0.3, -0.25) is 0 Å². The third kappa shape index (κ3) is 7.47. The molecule has 1 fully saturated rings. The second-order valence-corrected chi connectivity index (χ2v) is 8.26. The fourth-order valence-electron chi connectivity index (χ4n) is 1.74. The molecule has 0 radical (unpaired) electrons. The van der Waals surface area contributed by atoms with Crippen molar-refractivity contribution < 1.29 is 13.2 Å². The van der Waals surface area contributed by atoms with Crippen LogP contribution in [0.1, 0.15) is 39.5 Å². The van der Waals surface area contributed by atoms with Crippen molar-refractivity contribution in [2.75, 3.05) is 19.0 Å². The summed E-state index contributed by atoms with van der Waals surface area (Å²) in [7, 11) is 1.79. The number of hydrogen-bond donors (Lipinski definition) is 0. The van der Waals surface area contributed by atoms with Crippen molar-refractivity contribution in [1.29, 1.82) is 0 Å². The minimum atomic E-state index is -3.44. The average Bonchev–Trinajstić information content (AvgIpc) is 2.82. The van der Waals surface area contributed by atoms with Gasteiger partial charge >= 0.3 is 0 Å². The van der Waals surface area contributed by atoms with E-state index >= 15 is 0 Å². The molecule has 0 aromatic heterocycles. The fourth-order valence-corrected chi connectivity index (χ4v) is 3.64. The van der Waals surface area contributed by atoms with Crippen molar-refractivity contribution in [2.45, 2.75) is 39.5 Å². The lowest BCUT2D eigenvalue weighted by molar-refractivity contribution is 0.0697. The Hall–Kier alpha value is 0.200. The summed E-state index contributed by atoms with van der Waals surface area (Å²) in [6, 6.07) is 0. The van der Waals surface area contributed by atoms with Gasteiger partial charge in [0.1, 0.15) is 0 Å². The molecule has 1 rings (SSSR count). The van der Waals surface area contributed by atoms with Gasteiger partial charge in [-0.25, -0.2) is 8.42 Å². The Balaban J connectivity index is 2.09. The van der Waals surface area contributed by atoms with Gasteiger partial charge in [0.05, 0.1) is 12.4 Å². The smallest absolute Gasteiger partial charge is 0.233 e. The van der Waals surface area contributed by atoms with Crippen LogP contribution in [0.25, 0.3) is 0 Å². The largest absolute Gasteiger partial charge is 0.381 e. The molecular formula is C11H21ClO3S. The molecule has 0 amide bonds. The molecule has 0 N–H and O–H groups in total. The van der Waals surface area contributed by atoms with Crippen LogP contribution in [0.2, 0.25) is 0 Å². The lowest BCUT2D eigenvalue weighted by Crippen LogP contribution is -2.27. The molecule has 0 aromatic carbocycles. The van der Waals surface area contributed by atoms with Crippen molar-refractivity contribution in [2.24, 2.45) is 11.3 Å². The van der Waals surface area contributed by atoms with Crippen LogP contribution in [0.15, 0.2) is 0 Å². The maximum Gasteiger partial charge on any atom is 0.233 e. The minimum absolute atomic E-state index is 0.0375. The van der Waals surface area contributed by atoms with E-state index in [1.54, 1.807) is 0 Å². The normalized spacial score (nSPS) is 17.7. The van der Waals surface area contributed by atoms with E-state index in [4.69, 9.17) is 15.4 Å². The molecule has 96 valence electrons. The van der Waals surface area contributed by atoms with E-state index in [0.717, 1.165) is 18.9 Å². The van der Waals surface area contributed by atoms with Crippen LogP contribution in [0.5, 0.6) is 0 Å². The molecular weight excluding hydrogens is 248 g/mol. The molecule has 0 aromatic rings. The van der Waals surface area contributed by atoms with Crippen LogP contribution < -0.4 is 0 Å². The van der Waals surface area contributed by atoms with Gasteiger partial charge in [-0.15, -0.1) is 0 Å². The molecule has 0 bridgehead atoms. The Bertz CT molecular complexity index is 307. The highest BCUT2D eigenvalue weighted by molar-refractivity contribution is 8.13. The van der Waals surface area contributed by atoms with Crippen molar-refractivity contribution in [3.05, 3.63) is 0 Å². The van der Waals surface area contributed by atoms with Crippen LogP contribution in [-0.2, 0) is 13.8 Å². The van der Waals surface area contributed by atoms with Gasteiger partial charge in [0, 0.05) is 22.7 Å². The summed E-state index contributed by atoms with van der Waals surface area (Å²) in [5, 5.41) is 0. The van der Waals surface area contributed by atoms with Gasteiger partial charge in [0.15, 0.2) is 0 Å². The first-order valence-corrected chi connectivity index (χ1v) is 8.26. The van der Waals surface area contributed by atoms with Gasteiger partial charge in [-0.05, 0) is 18.8 Å². The molecule has 0 saturated heterocycles. The molecule has 16 heavy (non-hydrogen) atoms. The van der Waals surface area contributed by atoms with Crippen LogP contribution in [0.4, 0.5) is 0 Å². The van der Waals surface area contributed by atoms with E-state index in [9.17, 15) is 8.42 Å². The van der Waals surface area contributed by atoms with E-state index < -0.39 is 14.5 Å². The molecule has 0 aliphatic heterocycles. The Morgan fingerprint density at radius 1 is 1.38 bits per heavy atom. The molecule has 3 nitrogen and oxygen atoms in total.